The van der Waals surface area contributed by atoms with Crippen molar-refractivity contribution >= 4 is 47.4 Å². The van der Waals surface area contributed by atoms with Crippen LogP contribution in [0.5, 0.6) is 0 Å². The Balaban J connectivity index is 5.43. The number of guanidine groups is 1. The van der Waals surface area contributed by atoms with Crippen LogP contribution in [-0.4, -0.2) is 88.6 Å². The highest BCUT2D eigenvalue weighted by Gasteiger charge is 2.32. The number of amides is 3. The van der Waals surface area contributed by atoms with Gasteiger partial charge in [0.25, 0.3) is 0 Å². The number of carboxylic acid groups (broad SMARTS) is 2. The number of hydrogen-bond acceptors (Lipinski definition) is 8. The van der Waals surface area contributed by atoms with Gasteiger partial charge in [-0.05, 0) is 37.2 Å². The number of rotatable bonds is 18. The Morgan fingerprint density at radius 2 is 1.56 bits per heavy atom. The minimum absolute atomic E-state index is 0.0702. The molecule has 0 aliphatic carbocycles. The number of carbonyl (C=O) groups excluding carboxylic acids is 3. The van der Waals surface area contributed by atoms with E-state index in [1.807, 2.05) is 6.92 Å². The van der Waals surface area contributed by atoms with Crippen LogP contribution in [0, 0.1) is 5.92 Å². The number of nitrogens with one attached hydrogen (secondary N) is 3. The summed E-state index contributed by atoms with van der Waals surface area (Å²) in [5.74, 6) is -4.88. The molecule has 0 heterocycles. The molecular weight excluding hydrogens is 494 g/mol. The van der Waals surface area contributed by atoms with Crippen molar-refractivity contribution in [1.82, 2.24) is 16.0 Å². The molecule has 0 saturated heterocycles. The predicted molar refractivity (Wildman–Crippen MR) is 136 cm³/mol. The Kier molecular flexibility index (Phi) is 15.9. The molecule has 206 valence electrons. The zero-order valence-corrected chi connectivity index (χ0v) is 21.7. The Morgan fingerprint density at radius 3 is 2.06 bits per heavy atom. The molecule has 5 atom stereocenters. The molecule has 3 amide bonds. The maximum atomic E-state index is 13.1. The monoisotopic (exact) mass is 533 g/mol. The lowest BCUT2D eigenvalue weighted by molar-refractivity contribution is -0.147. The highest BCUT2D eigenvalue weighted by atomic mass is 32.2. The first-order valence-corrected chi connectivity index (χ1v) is 12.9. The summed E-state index contributed by atoms with van der Waals surface area (Å²) < 4.78 is 0. The van der Waals surface area contributed by atoms with Gasteiger partial charge in [-0.25, -0.2) is 4.79 Å². The van der Waals surface area contributed by atoms with E-state index in [1.165, 1.54) is 11.8 Å². The first kappa shape index (κ1) is 32.9. The van der Waals surface area contributed by atoms with Crippen LogP contribution in [0.4, 0.5) is 0 Å². The zero-order valence-electron chi connectivity index (χ0n) is 20.9. The van der Waals surface area contributed by atoms with Crippen LogP contribution in [0.25, 0.3) is 0 Å². The first-order valence-electron chi connectivity index (χ1n) is 11.5. The predicted octanol–water partition coefficient (Wildman–Crippen LogP) is -1.82. The highest BCUT2D eigenvalue weighted by molar-refractivity contribution is 7.98. The summed E-state index contributed by atoms with van der Waals surface area (Å²) in [6.45, 7) is 3.87. The molecule has 0 radical (unpaired) electrons. The maximum Gasteiger partial charge on any atom is 0.326 e. The molecule has 0 aromatic carbocycles. The zero-order chi connectivity index (χ0) is 27.8. The van der Waals surface area contributed by atoms with Crippen LogP contribution < -0.4 is 33.2 Å². The average molecular weight is 534 g/mol. The van der Waals surface area contributed by atoms with Crippen molar-refractivity contribution in [2.45, 2.75) is 70.1 Å². The number of nitrogens with two attached hydrogens (primary N) is 3. The molecule has 0 bridgehead atoms. The smallest absolute Gasteiger partial charge is 0.326 e. The fourth-order valence-electron chi connectivity index (χ4n) is 3.03. The van der Waals surface area contributed by atoms with Gasteiger partial charge in [0.05, 0.1) is 12.5 Å². The van der Waals surface area contributed by atoms with Gasteiger partial charge in [0, 0.05) is 6.54 Å². The normalized spacial score (nSPS) is 14.9. The van der Waals surface area contributed by atoms with Crippen molar-refractivity contribution in [3.05, 3.63) is 0 Å². The van der Waals surface area contributed by atoms with E-state index >= 15 is 0 Å². The van der Waals surface area contributed by atoms with Gasteiger partial charge in [-0.1, -0.05) is 20.3 Å². The molecular formula is C21H39N7O7S. The summed E-state index contributed by atoms with van der Waals surface area (Å²) in [5.41, 5.74) is 16.5. The lowest BCUT2D eigenvalue weighted by atomic mass is 9.97. The number of carbonyl (C=O) groups is 5. The van der Waals surface area contributed by atoms with E-state index in [-0.39, 0.29) is 24.7 Å². The van der Waals surface area contributed by atoms with Gasteiger partial charge in [0.15, 0.2) is 5.96 Å². The Bertz CT molecular complexity index is 793. The van der Waals surface area contributed by atoms with Crippen LogP contribution in [0.15, 0.2) is 4.99 Å². The number of nitrogens with zero attached hydrogens (tertiary/aromatic N) is 1. The van der Waals surface area contributed by atoms with Gasteiger partial charge in [0.1, 0.15) is 18.1 Å². The molecule has 0 aliphatic rings. The van der Waals surface area contributed by atoms with Gasteiger partial charge >= 0.3 is 11.9 Å². The van der Waals surface area contributed by atoms with Crippen molar-refractivity contribution in [1.29, 1.82) is 0 Å². The molecule has 14 nitrogen and oxygen atoms in total. The minimum Gasteiger partial charge on any atom is -0.481 e. The standard InChI is InChI=1S/C21H39N7O7S/c1-4-11(2)16(28-17(31)12(22)6-5-8-25-21(23)24)19(33)26-13(7-9-36-3)18(32)27-14(20(34)35)10-15(29)30/h11-14,16H,4-10,22H2,1-3H3,(H,26,33)(H,27,32)(H,28,31)(H,29,30)(H,34,35)(H4,23,24,25). The molecule has 0 aromatic heterocycles. The fraction of sp³-hybridized carbons (Fsp3) is 0.714. The Hall–Kier alpha value is -3.07. The van der Waals surface area contributed by atoms with Crippen LogP contribution in [-0.2, 0) is 24.0 Å². The summed E-state index contributed by atoms with van der Waals surface area (Å²) in [5, 5.41) is 25.5. The average Bonchev–Trinajstić information content (AvgIpc) is 2.80. The maximum absolute atomic E-state index is 13.1. The number of carboxylic acids is 2. The third-order valence-corrected chi connectivity index (χ3v) is 5.98. The van der Waals surface area contributed by atoms with Crippen LogP contribution >= 0.6 is 11.8 Å². The Labute approximate surface area is 214 Å². The van der Waals surface area contributed by atoms with E-state index in [9.17, 15) is 29.1 Å². The molecule has 0 rings (SSSR count). The SMILES string of the molecule is CCC(C)C(NC(=O)C(N)CCCN=C(N)N)C(=O)NC(CCSC)C(=O)NC(CC(=O)O)C(=O)O. The van der Waals surface area contributed by atoms with E-state index in [2.05, 4.69) is 20.9 Å². The van der Waals surface area contributed by atoms with Gasteiger partial charge in [-0.3, -0.25) is 24.2 Å². The summed E-state index contributed by atoms with van der Waals surface area (Å²) in [7, 11) is 0. The van der Waals surface area contributed by atoms with Crippen LogP contribution in [0.2, 0.25) is 0 Å². The van der Waals surface area contributed by atoms with Gasteiger partial charge < -0.3 is 43.4 Å². The van der Waals surface area contributed by atoms with E-state index in [4.69, 9.17) is 22.3 Å². The molecule has 0 fully saturated rings. The minimum atomic E-state index is -1.66. The fourth-order valence-corrected chi connectivity index (χ4v) is 3.50. The number of hydrogen-bond donors (Lipinski definition) is 8. The third-order valence-electron chi connectivity index (χ3n) is 5.33. The molecule has 15 heteroatoms. The summed E-state index contributed by atoms with van der Waals surface area (Å²) in [6.07, 6.45) is 2.37. The van der Waals surface area contributed by atoms with E-state index in [1.54, 1.807) is 13.2 Å². The van der Waals surface area contributed by atoms with Gasteiger partial charge in [-0.15, -0.1) is 0 Å². The molecule has 36 heavy (non-hydrogen) atoms. The highest BCUT2D eigenvalue weighted by Crippen LogP contribution is 2.11. The second kappa shape index (κ2) is 17.4. The van der Waals surface area contributed by atoms with Crippen molar-refractivity contribution < 1.29 is 34.2 Å². The van der Waals surface area contributed by atoms with Crippen molar-refractivity contribution in [2.24, 2.45) is 28.1 Å². The molecule has 0 aromatic rings. The second-order valence-corrected chi connectivity index (χ2v) is 9.25. The quantitative estimate of drug-likeness (QED) is 0.0553. The molecule has 11 N–H and O–H groups in total. The molecule has 5 unspecified atom stereocenters. The Morgan fingerprint density at radius 1 is 0.944 bits per heavy atom. The summed E-state index contributed by atoms with van der Waals surface area (Å²) in [6, 6.07) is -4.73. The molecule has 0 spiro atoms. The molecule has 0 saturated carbocycles. The van der Waals surface area contributed by atoms with Crippen LogP contribution in [0.1, 0.15) is 46.0 Å². The number of aliphatic carboxylic acids is 2. The van der Waals surface area contributed by atoms with Crippen LogP contribution in [0.3, 0.4) is 0 Å². The van der Waals surface area contributed by atoms with Crippen molar-refractivity contribution in [3.8, 4) is 0 Å². The van der Waals surface area contributed by atoms with E-state index in [0.717, 1.165) is 0 Å². The van der Waals surface area contributed by atoms with Crippen molar-refractivity contribution in [3.63, 3.8) is 0 Å². The third kappa shape index (κ3) is 13.1. The van der Waals surface area contributed by atoms with E-state index < -0.39 is 60.2 Å². The summed E-state index contributed by atoms with van der Waals surface area (Å²) >= 11 is 1.40. The van der Waals surface area contributed by atoms with Gasteiger partial charge in [0.2, 0.25) is 17.7 Å². The van der Waals surface area contributed by atoms with Crippen molar-refractivity contribution in [2.75, 3.05) is 18.6 Å². The second-order valence-electron chi connectivity index (χ2n) is 8.27. The lowest BCUT2D eigenvalue weighted by Gasteiger charge is -2.28. The molecule has 0 aliphatic heterocycles. The van der Waals surface area contributed by atoms with E-state index in [0.29, 0.717) is 25.1 Å². The number of aliphatic imine (C=N–C) groups is 1. The first-order chi connectivity index (χ1) is 16.8. The topological polar surface area (TPSA) is 252 Å². The largest absolute Gasteiger partial charge is 0.481 e. The summed E-state index contributed by atoms with van der Waals surface area (Å²) in [4.78, 5) is 64.5. The number of thioether (sulfide) groups is 1. The lowest BCUT2D eigenvalue weighted by Crippen LogP contribution is -2.58. The van der Waals surface area contributed by atoms with Gasteiger partial charge in [-0.2, -0.15) is 11.8 Å².